The van der Waals surface area contributed by atoms with Crippen LogP contribution in [0.4, 0.5) is 0 Å². The molecule has 0 radical (unpaired) electrons. The van der Waals surface area contributed by atoms with Crippen LogP contribution in [0, 0.1) is 11.8 Å². The van der Waals surface area contributed by atoms with E-state index in [1.807, 2.05) is 18.7 Å². The van der Waals surface area contributed by atoms with E-state index in [4.69, 9.17) is 0 Å². The van der Waals surface area contributed by atoms with Crippen molar-refractivity contribution in [3.63, 3.8) is 0 Å². The Labute approximate surface area is 144 Å². The van der Waals surface area contributed by atoms with Gasteiger partial charge in [-0.3, -0.25) is 9.59 Å². The summed E-state index contributed by atoms with van der Waals surface area (Å²) in [6.07, 6.45) is 5.06. The minimum atomic E-state index is -1.04. The van der Waals surface area contributed by atoms with Gasteiger partial charge in [0, 0.05) is 32.0 Å². The smallest absolute Gasteiger partial charge is 0.329 e. The lowest BCUT2D eigenvalue weighted by molar-refractivity contribution is -0.162. The predicted octanol–water partition coefficient (Wildman–Crippen LogP) is 2.13. The first-order chi connectivity index (χ1) is 11.3. The lowest BCUT2D eigenvalue weighted by Crippen LogP contribution is -2.58. The standard InChI is InChI=1S/C18H30N2O4/c1-13(2)15(21)20-11-7-14(8-12-20)16(22)19(3)18(17(23)24)9-5-4-6-10-18/h13-14H,4-12H2,1-3H3,(H,23,24). The number of rotatable bonds is 4. The van der Waals surface area contributed by atoms with Crippen molar-refractivity contribution in [3.05, 3.63) is 0 Å². The predicted molar refractivity (Wildman–Crippen MR) is 90.4 cm³/mol. The van der Waals surface area contributed by atoms with Gasteiger partial charge in [0.05, 0.1) is 0 Å². The number of hydrogen-bond donors (Lipinski definition) is 1. The molecule has 2 fully saturated rings. The molecule has 0 bridgehead atoms. The van der Waals surface area contributed by atoms with Gasteiger partial charge in [0.1, 0.15) is 5.54 Å². The van der Waals surface area contributed by atoms with Gasteiger partial charge in [0.25, 0.3) is 0 Å². The highest BCUT2D eigenvalue weighted by Gasteiger charge is 2.47. The van der Waals surface area contributed by atoms with Gasteiger partial charge in [-0.05, 0) is 25.7 Å². The minimum Gasteiger partial charge on any atom is -0.479 e. The minimum absolute atomic E-state index is 0.0301. The lowest BCUT2D eigenvalue weighted by Gasteiger charge is -2.43. The molecule has 2 amide bonds. The van der Waals surface area contributed by atoms with Crippen LogP contribution in [-0.4, -0.2) is 58.4 Å². The number of carbonyl (C=O) groups is 3. The number of piperidine rings is 1. The van der Waals surface area contributed by atoms with Crippen LogP contribution < -0.4 is 0 Å². The molecular formula is C18H30N2O4. The van der Waals surface area contributed by atoms with Gasteiger partial charge in [0.15, 0.2) is 0 Å². The molecule has 2 aliphatic rings. The highest BCUT2D eigenvalue weighted by atomic mass is 16.4. The fraction of sp³-hybridized carbons (Fsp3) is 0.833. The van der Waals surface area contributed by atoms with Gasteiger partial charge in [-0.2, -0.15) is 0 Å². The summed E-state index contributed by atoms with van der Waals surface area (Å²) in [6, 6.07) is 0. The maximum atomic E-state index is 12.9. The van der Waals surface area contributed by atoms with Crippen LogP contribution in [0.3, 0.4) is 0 Å². The second kappa shape index (κ2) is 7.53. The monoisotopic (exact) mass is 338 g/mol. The molecule has 0 aromatic heterocycles. The molecule has 136 valence electrons. The molecule has 0 aromatic rings. The summed E-state index contributed by atoms with van der Waals surface area (Å²) in [5.74, 6) is -1.04. The Morgan fingerprint density at radius 3 is 2.08 bits per heavy atom. The van der Waals surface area contributed by atoms with Gasteiger partial charge in [-0.1, -0.05) is 33.1 Å². The van der Waals surface area contributed by atoms with Crippen molar-refractivity contribution >= 4 is 17.8 Å². The van der Waals surface area contributed by atoms with Crippen molar-refractivity contribution in [1.29, 1.82) is 0 Å². The fourth-order valence-electron chi connectivity index (χ4n) is 4.03. The first-order valence-electron chi connectivity index (χ1n) is 9.09. The van der Waals surface area contributed by atoms with Crippen LogP contribution in [0.5, 0.6) is 0 Å². The van der Waals surface area contributed by atoms with Crippen LogP contribution in [0.25, 0.3) is 0 Å². The first kappa shape index (κ1) is 18.7. The highest BCUT2D eigenvalue weighted by molar-refractivity contribution is 5.88. The van der Waals surface area contributed by atoms with Crippen molar-refractivity contribution < 1.29 is 19.5 Å². The van der Waals surface area contributed by atoms with Crippen LogP contribution in [0.15, 0.2) is 0 Å². The number of likely N-dealkylation sites (tertiary alicyclic amines) is 1. The van der Waals surface area contributed by atoms with Crippen molar-refractivity contribution in [2.24, 2.45) is 11.8 Å². The summed E-state index contributed by atoms with van der Waals surface area (Å²) >= 11 is 0. The molecule has 24 heavy (non-hydrogen) atoms. The van der Waals surface area contributed by atoms with Gasteiger partial charge in [-0.25, -0.2) is 4.79 Å². The summed E-state index contributed by atoms with van der Waals surface area (Å²) in [4.78, 5) is 40.1. The molecule has 1 aliphatic carbocycles. The van der Waals surface area contributed by atoms with Crippen molar-refractivity contribution in [2.75, 3.05) is 20.1 Å². The molecule has 0 spiro atoms. The fourth-order valence-corrected chi connectivity index (χ4v) is 4.03. The SMILES string of the molecule is CC(C)C(=O)N1CCC(C(=O)N(C)C2(C(=O)O)CCCCC2)CC1. The van der Waals surface area contributed by atoms with Crippen molar-refractivity contribution in [2.45, 2.75) is 64.3 Å². The summed E-state index contributed by atoms with van der Waals surface area (Å²) in [5.41, 5.74) is -1.04. The Morgan fingerprint density at radius 2 is 1.62 bits per heavy atom. The topological polar surface area (TPSA) is 77.9 Å². The third kappa shape index (κ3) is 3.57. The molecule has 2 rings (SSSR count). The maximum absolute atomic E-state index is 12.9. The second-order valence-corrected chi connectivity index (χ2v) is 7.55. The van der Waals surface area contributed by atoms with E-state index >= 15 is 0 Å². The van der Waals surface area contributed by atoms with Crippen molar-refractivity contribution in [3.8, 4) is 0 Å². The van der Waals surface area contributed by atoms with E-state index in [2.05, 4.69) is 0 Å². The van der Waals surface area contributed by atoms with Crippen molar-refractivity contribution in [1.82, 2.24) is 9.80 Å². The Kier molecular flexibility index (Phi) is 5.88. The van der Waals surface area contributed by atoms with Crippen LogP contribution >= 0.6 is 0 Å². The van der Waals surface area contributed by atoms with Crippen LogP contribution in [-0.2, 0) is 14.4 Å². The Balaban J connectivity index is 2.01. The molecular weight excluding hydrogens is 308 g/mol. The van der Waals surface area contributed by atoms with Crippen LogP contribution in [0.1, 0.15) is 58.8 Å². The number of nitrogens with zero attached hydrogens (tertiary/aromatic N) is 2. The van der Waals surface area contributed by atoms with E-state index in [1.54, 1.807) is 7.05 Å². The zero-order valence-electron chi connectivity index (χ0n) is 15.1. The van der Waals surface area contributed by atoms with Gasteiger partial charge in [0.2, 0.25) is 11.8 Å². The Hall–Kier alpha value is -1.59. The Morgan fingerprint density at radius 1 is 1.08 bits per heavy atom. The molecule has 1 N–H and O–H groups in total. The number of carbonyl (C=O) groups excluding carboxylic acids is 2. The number of amides is 2. The highest BCUT2D eigenvalue weighted by Crippen LogP contribution is 2.35. The summed E-state index contributed by atoms with van der Waals surface area (Å²) < 4.78 is 0. The first-order valence-corrected chi connectivity index (χ1v) is 9.09. The average Bonchev–Trinajstić information content (AvgIpc) is 2.60. The number of hydrogen-bond acceptors (Lipinski definition) is 3. The van der Waals surface area contributed by atoms with E-state index in [-0.39, 0.29) is 23.7 Å². The zero-order valence-corrected chi connectivity index (χ0v) is 15.1. The second-order valence-electron chi connectivity index (χ2n) is 7.55. The van der Waals surface area contributed by atoms with Gasteiger partial charge >= 0.3 is 5.97 Å². The maximum Gasteiger partial charge on any atom is 0.329 e. The van der Waals surface area contributed by atoms with E-state index in [0.29, 0.717) is 38.8 Å². The molecule has 0 atom stereocenters. The molecule has 1 heterocycles. The third-order valence-electron chi connectivity index (χ3n) is 5.70. The molecule has 0 aromatic carbocycles. The van der Waals surface area contributed by atoms with Gasteiger partial charge < -0.3 is 14.9 Å². The van der Waals surface area contributed by atoms with Gasteiger partial charge in [-0.15, -0.1) is 0 Å². The largest absolute Gasteiger partial charge is 0.479 e. The van der Waals surface area contributed by atoms with Crippen LogP contribution in [0.2, 0.25) is 0 Å². The molecule has 6 heteroatoms. The normalized spacial score (nSPS) is 21.6. The number of carboxylic acids is 1. The number of carboxylic acid groups (broad SMARTS) is 1. The quantitative estimate of drug-likeness (QED) is 0.852. The summed E-state index contributed by atoms with van der Waals surface area (Å²) in [7, 11) is 1.65. The molecule has 1 saturated heterocycles. The summed E-state index contributed by atoms with van der Waals surface area (Å²) in [5, 5.41) is 9.74. The molecule has 1 aliphatic heterocycles. The van der Waals surface area contributed by atoms with E-state index in [9.17, 15) is 19.5 Å². The Bertz CT molecular complexity index is 489. The average molecular weight is 338 g/mol. The van der Waals surface area contributed by atoms with E-state index in [0.717, 1.165) is 19.3 Å². The van der Waals surface area contributed by atoms with E-state index < -0.39 is 11.5 Å². The lowest BCUT2D eigenvalue weighted by atomic mass is 9.79. The zero-order chi connectivity index (χ0) is 17.9. The van der Waals surface area contributed by atoms with E-state index in [1.165, 1.54) is 4.90 Å². The molecule has 0 unspecified atom stereocenters. The molecule has 6 nitrogen and oxygen atoms in total. The third-order valence-corrected chi connectivity index (χ3v) is 5.70. The summed E-state index contributed by atoms with van der Waals surface area (Å²) in [6.45, 7) is 4.93. The number of likely N-dealkylation sites (N-methyl/N-ethyl adjacent to an activating group) is 1. The molecule has 1 saturated carbocycles. The number of aliphatic carboxylic acids is 1.